The highest BCUT2D eigenvalue weighted by Gasteiger charge is 2.09. The Kier molecular flexibility index (Phi) is 5.16. The summed E-state index contributed by atoms with van der Waals surface area (Å²) in [5, 5.41) is 3.59. The van der Waals surface area contributed by atoms with Gasteiger partial charge >= 0.3 is 0 Å². The minimum absolute atomic E-state index is 0.0756. The fourth-order valence-corrected chi connectivity index (χ4v) is 2.36. The van der Waals surface area contributed by atoms with E-state index in [-0.39, 0.29) is 16.9 Å². The summed E-state index contributed by atoms with van der Waals surface area (Å²) >= 11 is 5.70. The molecule has 0 spiro atoms. The molecule has 2 aromatic carbocycles. The molecule has 1 N–H and O–H groups in total. The second-order valence-corrected chi connectivity index (χ2v) is 5.31. The van der Waals surface area contributed by atoms with Crippen LogP contribution in [0.4, 0.5) is 4.39 Å². The third kappa shape index (κ3) is 3.59. The van der Waals surface area contributed by atoms with Crippen molar-refractivity contribution >= 4 is 11.6 Å². The van der Waals surface area contributed by atoms with Gasteiger partial charge in [0.05, 0.1) is 5.02 Å². The molecule has 0 amide bonds. The predicted molar refractivity (Wildman–Crippen MR) is 82.5 cm³/mol. The summed E-state index contributed by atoms with van der Waals surface area (Å²) in [6, 6.07) is 13.4. The smallest absolute Gasteiger partial charge is 0.142 e. The summed E-state index contributed by atoms with van der Waals surface area (Å²) in [6.07, 6.45) is 1.02. The minimum Gasteiger partial charge on any atom is -0.306 e. The molecule has 1 unspecified atom stereocenters. The Morgan fingerprint density at radius 3 is 2.50 bits per heavy atom. The lowest BCUT2D eigenvalue weighted by molar-refractivity contribution is 0.563. The molecule has 0 radical (unpaired) electrons. The first-order chi connectivity index (χ1) is 9.61. The average Bonchev–Trinajstić information content (AvgIpc) is 2.47. The van der Waals surface area contributed by atoms with Gasteiger partial charge in [-0.15, -0.1) is 0 Å². The molecule has 0 fully saturated rings. The maximum atomic E-state index is 13.5. The van der Waals surface area contributed by atoms with E-state index in [1.165, 1.54) is 17.2 Å². The van der Waals surface area contributed by atoms with E-state index in [1.54, 1.807) is 6.07 Å². The number of hydrogen-bond acceptors (Lipinski definition) is 1. The van der Waals surface area contributed by atoms with Gasteiger partial charge in [-0.25, -0.2) is 4.39 Å². The molecule has 0 bridgehead atoms. The summed E-state index contributed by atoms with van der Waals surface area (Å²) in [5.41, 5.74) is 3.53. The van der Waals surface area contributed by atoms with Crippen LogP contribution in [0, 0.1) is 5.82 Å². The Balaban J connectivity index is 2.04. The molecular weight excluding hydrogens is 273 g/mol. The van der Waals surface area contributed by atoms with E-state index in [0.717, 1.165) is 18.5 Å². The monoisotopic (exact) mass is 291 g/mol. The van der Waals surface area contributed by atoms with Crippen molar-refractivity contribution in [2.75, 3.05) is 0 Å². The zero-order valence-electron chi connectivity index (χ0n) is 11.8. The number of nitrogens with one attached hydrogen (secondary N) is 1. The Hall–Kier alpha value is -1.38. The van der Waals surface area contributed by atoms with E-state index in [4.69, 9.17) is 11.6 Å². The molecule has 0 aliphatic heterocycles. The van der Waals surface area contributed by atoms with Gasteiger partial charge in [-0.1, -0.05) is 48.9 Å². The Morgan fingerprint density at radius 2 is 1.85 bits per heavy atom. The van der Waals surface area contributed by atoms with Crippen LogP contribution in [-0.2, 0) is 13.0 Å². The molecule has 0 saturated heterocycles. The predicted octanol–water partition coefficient (Wildman–Crippen LogP) is 4.89. The molecule has 0 saturated carbocycles. The van der Waals surface area contributed by atoms with E-state index < -0.39 is 0 Å². The summed E-state index contributed by atoms with van der Waals surface area (Å²) in [7, 11) is 0. The fourth-order valence-electron chi connectivity index (χ4n) is 2.24. The summed E-state index contributed by atoms with van der Waals surface area (Å²) in [4.78, 5) is 0. The van der Waals surface area contributed by atoms with Crippen LogP contribution in [0.5, 0.6) is 0 Å². The van der Waals surface area contributed by atoms with Crippen molar-refractivity contribution in [1.82, 2.24) is 5.32 Å². The summed E-state index contributed by atoms with van der Waals surface area (Å²) in [5.74, 6) is -0.369. The van der Waals surface area contributed by atoms with Gasteiger partial charge < -0.3 is 5.32 Å². The van der Waals surface area contributed by atoms with E-state index in [1.807, 2.05) is 19.1 Å². The largest absolute Gasteiger partial charge is 0.306 e. The molecule has 0 aliphatic rings. The van der Waals surface area contributed by atoms with E-state index >= 15 is 0 Å². The lowest BCUT2D eigenvalue weighted by Crippen LogP contribution is -2.19. The van der Waals surface area contributed by atoms with Crippen molar-refractivity contribution in [2.45, 2.75) is 32.9 Å². The molecule has 1 nitrogen and oxygen atoms in total. The normalized spacial score (nSPS) is 12.4. The highest BCUT2D eigenvalue weighted by Crippen LogP contribution is 2.20. The minimum atomic E-state index is -0.369. The topological polar surface area (TPSA) is 12.0 Å². The van der Waals surface area contributed by atoms with Gasteiger partial charge in [0.25, 0.3) is 0 Å². The quantitative estimate of drug-likeness (QED) is 0.827. The zero-order valence-corrected chi connectivity index (χ0v) is 12.5. The number of benzene rings is 2. The lowest BCUT2D eigenvalue weighted by Gasteiger charge is -2.16. The van der Waals surface area contributed by atoms with Gasteiger partial charge in [-0.05, 0) is 42.2 Å². The van der Waals surface area contributed by atoms with Gasteiger partial charge in [0, 0.05) is 12.6 Å². The number of rotatable bonds is 5. The first-order valence-corrected chi connectivity index (χ1v) is 7.24. The van der Waals surface area contributed by atoms with Crippen molar-refractivity contribution in [3.8, 4) is 0 Å². The van der Waals surface area contributed by atoms with E-state index in [2.05, 4.69) is 30.4 Å². The highest BCUT2D eigenvalue weighted by molar-refractivity contribution is 6.30. The van der Waals surface area contributed by atoms with Crippen LogP contribution in [0.2, 0.25) is 5.02 Å². The molecule has 106 valence electrons. The van der Waals surface area contributed by atoms with E-state index in [0.29, 0.717) is 0 Å². The van der Waals surface area contributed by atoms with Gasteiger partial charge in [0.2, 0.25) is 0 Å². The van der Waals surface area contributed by atoms with Crippen molar-refractivity contribution in [1.29, 1.82) is 0 Å². The first kappa shape index (κ1) is 15.0. The van der Waals surface area contributed by atoms with Gasteiger partial charge in [0.1, 0.15) is 5.82 Å². The van der Waals surface area contributed by atoms with Crippen LogP contribution in [0.3, 0.4) is 0 Å². The molecule has 0 aliphatic carbocycles. The maximum Gasteiger partial charge on any atom is 0.142 e. The fraction of sp³-hybridized carbons (Fsp3) is 0.294. The van der Waals surface area contributed by atoms with Crippen LogP contribution < -0.4 is 5.32 Å². The molecule has 3 heteroatoms. The van der Waals surface area contributed by atoms with Gasteiger partial charge in [0.15, 0.2) is 0 Å². The van der Waals surface area contributed by atoms with Crippen molar-refractivity contribution in [3.05, 3.63) is 70.0 Å². The van der Waals surface area contributed by atoms with Crippen LogP contribution >= 0.6 is 11.6 Å². The van der Waals surface area contributed by atoms with Crippen molar-refractivity contribution < 1.29 is 4.39 Å². The van der Waals surface area contributed by atoms with Crippen LogP contribution in [0.15, 0.2) is 42.5 Å². The molecule has 2 rings (SSSR count). The SMILES string of the molecule is CCc1ccccc1CNC(C)c1ccc(Cl)c(F)c1. The van der Waals surface area contributed by atoms with Gasteiger partial charge in [-0.2, -0.15) is 0 Å². The average molecular weight is 292 g/mol. The number of halogens is 2. The Labute approximate surface area is 124 Å². The van der Waals surface area contributed by atoms with Crippen LogP contribution in [-0.4, -0.2) is 0 Å². The molecule has 0 heterocycles. The molecule has 1 atom stereocenters. The van der Waals surface area contributed by atoms with Crippen molar-refractivity contribution in [2.24, 2.45) is 0 Å². The molecule has 0 aromatic heterocycles. The lowest BCUT2D eigenvalue weighted by atomic mass is 10.0. The Morgan fingerprint density at radius 1 is 1.15 bits per heavy atom. The van der Waals surface area contributed by atoms with Crippen LogP contribution in [0.25, 0.3) is 0 Å². The summed E-state index contributed by atoms with van der Waals surface area (Å²) in [6.45, 7) is 4.95. The second-order valence-electron chi connectivity index (χ2n) is 4.90. The number of aryl methyl sites for hydroxylation is 1. The second kappa shape index (κ2) is 6.87. The van der Waals surface area contributed by atoms with Crippen LogP contribution in [0.1, 0.15) is 36.6 Å². The molecule has 2 aromatic rings. The number of hydrogen-bond donors (Lipinski definition) is 1. The van der Waals surface area contributed by atoms with E-state index in [9.17, 15) is 4.39 Å². The molecule has 20 heavy (non-hydrogen) atoms. The Bertz CT molecular complexity index is 583. The first-order valence-electron chi connectivity index (χ1n) is 6.87. The molecular formula is C17H19ClFN. The highest BCUT2D eigenvalue weighted by atomic mass is 35.5. The third-order valence-electron chi connectivity index (χ3n) is 3.54. The standard InChI is InChI=1S/C17H19ClFN/c1-3-13-6-4-5-7-15(13)11-20-12(2)14-8-9-16(18)17(19)10-14/h4-10,12,20H,3,11H2,1-2H3. The summed E-state index contributed by atoms with van der Waals surface area (Å²) < 4.78 is 13.5. The third-order valence-corrected chi connectivity index (χ3v) is 3.85. The van der Waals surface area contributed by atoms with Gasteiger partial charge in [-0.3, -0.25) is 0 Å². The maximum absolute atomic E-state index is 13.5. The zero-order chi connectivity index (χ0) is 14.5. The van der Waals surface area contributed by atoms with Crippen molar-refractivity contribution in [3.63, 3.8) is 0 Å².